The van der Waals surface area contributed by atoms with Crippen LogP contribution in [0, 0.1) is 22.9 Å². The number of rotatable bonds is 3. The second kappa shape index (κ2) is 6.27. The van der Waals surface area contributed by atoms with Crippen LogP contribution in [-0.4, -0.2) is 10.0 Å². The van der Waals surface area contributed by atoms with Crippen LogP contribution in [0.5, 0.6) is 0 Å². The summed E-state index contributed by atoms with van der Waals surface area (Å²) in [6, 6.07) is 10.5. The number of nitro groups is 1. The number of hydrogen-bond donors (Lipinski definition) is 2. The second-order valence-electron chi connectivity index (χ2n) is 4.37. The van der Waals surface area contributed by atoms with Gasteiger partial charge in [0.15, 0.2) is 5.11 Å². The van der Waals surface area contributed by atoms with Crippen LogP contribution in [0.25, 0.3) is 0 Å². The molecule has 0 heterocycles. The molecule has 2 aromatic rings. The zero-order chi connectivity index (χ0) is 15.4. The average molecular weight is 305 g/mol. The van der Waals surface area contributed by atoms with E-state index in [9.17, 15) is 14.5 Å². The maximum absolute atomic E-state index is 13.1. The van der Waals surface area contributed by atoms with Gasteiger partial charge >= 0.3 is 0 Å². The fourth-order valence-electron chi connectivity index (χ4n) is 1.75. The summed E-state index contributed by atoms with van der Waals surface area (Å²) >= 11 is 5.07. The Hall–Kier alpha value is -2.54. The molecule has 0 saturated heterocycles. The predicted molar refractivity (Wildman–Crippen MR) is 84.1 cm³/mol. The van der Waals surface area contributed by atoms with Crippen LogP contribution in [0.2, 0.25) is 0 Å². The van der Waals surface area contributed by atoms with Gasteiger partial charge in [0.1, 0.15) is 11.5 Å². The van der Waals surface area contributed by atoms with E-state index in [0.29, 0.717) is 5.69 Å². The van der Waals surface area contributed by atoms with Crippen LogP contribution in [-0.2, 0) is 0 Å². The van der Waals surface area contributed by atoms with Gasteiger partial charge < -0.3 is 10.6 Å². The Balaban J connectivity index is 2.15. The molecule has 0 aromatic heterocycles. The average Bonchev–Trinajstić information content (AvgIpc) is 2.40. The van der Waals surface area contributed by atoms with Crippen molar-refractivity contribution in [2.24, 2.45) is 0 Å². The van der Waals surface area contributed by atoms with Gasteiger partial charge in [-0.1, -0.05) is 12.1 Å². The Morgan fingerprint density at radius 1 is 1.24 bits per heavy atom. The maximum atomic E-state index is 13.1. The molecule has 0 fully saturated rings. The third-order valence-electron chi connectivity index (χ3n) is 2.68. The molecule has 2 rings (SSSR count). The Kier molecular flexibility index (Phi) is 4.44. The number of nitro benzene ring substituents is 1. The predicted octanol–water partition coefficient (Wildman–Crippen LogP) is 3.85. The molecule has 0 aliphatic carbocycles. The van der Waals surface area contributed by atoms with Crippen LogP contribution < -0.4 is 10.6 Å². The maximum Gasteiger partial charge on any atom is 0.292 e. The summed E-state index contributed by atoms with van der Waals surface area (Å²) in [6.45, 7) is 1.76. The van der Waals surface area contributed by atoms with E-state index < -0.39 is 10.7 Å². The molecule has 0 bridgehead atoms. The number of hydrogen-bond acceptors (Lipinski definition) is 3. The SMILES string of the molecule is Cc1ccc(NC(=S)Nc2cccc(F)c2)c([N+](=O)[O-])c1. The zero-order valence-corrected chi connectivity index (χ0v) is 11.9. The van der Waals surface area contributed by atoms with E-state index in [4.69, 9.17) is 12.2 Å². The first-order chi connectivity index (χ1) is 9.95. The van der Waals surface area contributed by atoms with Gasteiger partial charge in [0.25, 0.3) is 5.69 Å². The highest BCUT2D eigenvalue weighted by molar-refractivity contribution is 7.80. The van der Waals surface area contributed by atoms with Gasteiger partial charge in [0.2, 0.25) is 0 Å². The second-order valence-corrected chi connectivity index (χ2v) is 4.78. The van der Waals surface area contributed by atoms with Gasteiger partial charge in [-0.2, -0.15) is 0 Å². The van der Waals surface area contributed by atoms with E-state index in [0.717, 1.165) is 5.56 Å². The van der Waals surface area contributed by atoms with Crippen molar-refractivity contribution in [3.63, 3.8) is 0 Å². The third-order valence-corrected chi connectivity index (χ3v) is 2.88. The number of nitrogens with one attached hydrogen (secondary N) is 2. The first kappa shape index (κ1) is 14.9. The normalized spacial score (nSPS) is 10.0. The summed E-state index contributed by atoms with van der Waals surface area (Å²) < 4.78 is 13.1. The molecule has 108 valence electrons. The molecule has 0 spiro atoms. The van der Waals surface area contributed by atoms with Crippen molar-refractivity contribution in [1.29, 1.82) is 0 Å². The van der Waals surface area contributed by atoms with E-state index in [1.807, 2.05) is 0 Å². The Bertz CT molecular complexity index is 706. The summed E-state index contributed by atoms with van der Waals surface area (Å²) in [6.07, 6.45) is 0. The van der Waals surface area contributed by atoms with Crippen molar-refractivity contribution < 1.29 is 9.31 Å². The Labute approximate surface area is 125 Å². The molecule has 21 heavy (non-hydrogen) atoms. The van der Waals surface area contributed by atoms with Crippen LogP contribution in [0.1, 0.15) is 5.56 Å². The Morgan fingerprint density at radius 2 is 2.00 bits per heavy atom. The van der Waals surface area contributed by atoms with Crippen molar-refractivity contribution in [2.75, 3.05) is 10.6 Å². The van der Waals surface area contributed by atoms with Crippen molar-refractivity contribution in [3.8, 4) is 0 Å². The van der Waals surface area contributed by atoms with Gasteiger partial charge in [-0.05, 0) is 49.0 Å². The number of thiocarbonyl (C=S) groups is 1. The quantitative estimate of drug-likeness (QED) is 0.512. The highest BCUT2D eigenvalue weighted by atomic mass is 32.1. The molecule has 7 heteroatoms. The molecule has 2 N–H and O–H groups in total. The topological polar surface area (TPSA) is 67.2 Å². The molecule has 0 amide bonds. The van der Waals surface area contributed by atoms with Crippen LogP contribution in [0.4, 0.5) is 21.5 Å². The lowest BCUT2D eigenvalue weighted by atomic mass is 10.2. The van der Waals surface area contributed by atoms with E-state index in [1.54, 1.807) is 25.1 Å². The van der Waals surface area contributed by atoms with Crippen LogP contribution >= 0.6 is 12.2 Å². The standard InChI is InChI=1S/C14H12FN3O2S/c1-9-5-6-12(13(7-9)18(19)20)17-14(21)16-11-4-2-3-10(15)8-11/h2-8H,1H3,(H2,16,17,21). The highest BCUT2D eigenvalue weighted by Gasteiger charge is 2.14. The third kappa shape index (κ3) is 3.96. The van der Waals surface area contributed by atoms with E-state index in [-0.39, 0.29) is 16.5 Å². The van der Waals surface area contributed by atoms with Crippen LogP contribution in [0.3, 0.4) is 0 Å². The summed E-state index contributed by atoms with van der Waals surface area (Å²) in [5.74, 6) is -0.399. The number of halogens is 1. The summed E-state index contributed by atoms with van der Waals surface area (Å²) in [5.41, 5.74) is 1.44. The molecule has 0 atom stereocenters. The number of aryl methyl sites for hydroxylation is 1. The minimum absolute atomic E-state index is 0.0709. The van der Waals surface area contributed by atoms with Crippen molar-refractivity contribution >= 4 is 34.4 Å². The largest absolute Gasteiger partial charge is 0.332 e. The molecular weight excluding hydrogens is 293 g/mol. The lowest BCUT2D eigenvalue weighted by Gasteiger charge is -2.11. The molecule has 5 nitrogen and oxygen atoms in total. The zero-order valence-electron chi connectivity index (χ0n) is 11.1. The molecule has 0 aliphatic rings. The first-order valence-electron chi connectivity index (χ1n) is 6.04. The van der Waals surface area contributed by atoms with Gasteiger partial charge in [-0.25, -0.2) is 4.39 Å². The Morgan fingerprint density at radius 3 is 2.67 bits per heavy atom. The minimum Gasteiger partial charge on any atom is -0.332 e. The molecule has 2 aromatic carbocycles. The minimum atomic E-state index is -0.486. The van der Waals surface area contributed by atoms with Crippen molar-refractivity contribution in [3.05, 3.63) is 64.0 Å². The van der Waals surface area contributed by atoms with Crippen molar-refractivity contribution in [1.82, 2.24) is 0 Å². The van der Waals surface area contributed by atoms with Gasteiger partial charge in [-0.3, -0.25) is 10.1 Å². The molecular formula is C14H12FN3O2S. The summed E-state index contributed by atoms with van der Waals surface area (Å²) in [7, 11) is 0. The lowest BCUT2D eigenvalue weighted by Crippen LogP contribution is -2.19. The van der Waals surface area contributed by atoms with Gasteiger partial charge in [0.05, 0.1) is 4.92 Å². The van der Waals surface area contributed by atoms with E-state index in [2.05, 4.69) is 10.6 Å². The molecule has 0 unspecified atom stereocenters. The van der Waals surface area contributed by atoms with E-state index >= 15 is 0 Å². The summed E-state index contributed by atoms with van der Waals surface area (Å²) in [5, 5.41) is 16.7. The van der Waals surface area contributed by atoms with Crippen molar-refractivity contribution in [2.45, 2.75) is 6.92 Å². The fourth-order valence-corrected chi connectivity index (χ4v) is 1.98. The number of anilines is 2. The lowest BCUT2D eigenvalue weighted by molar-refractivity contribution is -0.383. The van der Waals surface area contributed by atoms with E-state index in [1.165, 1.54) is 24.3 Å². The van der Waals surface area contributed by atoms with Crippen LogP contribution in [0.15, 0.2) is 42.5 Å². The summed E-state index contributed by atoms with van der Waals surface area (Å²) in [4.78, 5) is 10.5. The number of benzene rings is 2. The molecule has 0 saturated carbocycles. The number of nitrogens with zero attached hydrogens (tertiary/aromatic N) is 1. The highest BCUT2D eigenvalue weighted by Crippen LogP contribution is 2.25. The smallest absolute Gasteiger partial charge is 0.292 e. The van der Waals surface area contributed by atoms with Gasteiger partial charge in [-0.15, -0.1) is 0 Å². The van der Waals surface area contributed by atoms with Gasteiger partial charge in [0, 0.05) is 11.8 Å². The molecule has 0 radical (unpaired) electrons. The monoisotopic (exact) mass is 305 g/mol. The molecule has 0 aliphatic heterocycles. The first-order valence-corrected chi connectivity index (χ1v) is 6.45. The fraction of sp³-hybridized carbons (Fsp3) is 0.0714.